The van der Waals surface area contributed by atoms with Crippen LogP contribution in [-0.4, -0.2) is 32.8 Å². The van der Waals surface area contributed by atoms with Crippen molar-refractivity contribution in [3.05, 3.63) is 28.2 Å². The lowest BCUT2D eigenvalue weighted by molar-refractivity contribution is 0.204. The Balaban J connectivity index is 2.85. The van der Waals surface area contributed by atoms with Gasteiger partial charge in [-0.15, -0.1) is 0 Å². The Morgan fingerprint density at radius 3 is 2.63 bits per heavy atom. The second-order valence-electron chi connectivity index (χ2n) is 4.85. The van der Waals surface area contributed by atoms with Gasteiger partial charge in [-0.05, 0) is 54.0 Å². The number of rotatable bonds is 8. The molecular weight excluding hydrogens is 304 g/mol. The summed E-state index contributed by atoms with van der Waals surface area (Å²) in [6, 6.07) is 7.02. The van der Waals surface area contributed by atoms with E-state index in [0.29, 0.717) is 6.04 Å². The van der Waals surface area contributed by atoms with Crippen LogP contribution in [0.4, 0.5) is 5.69 Å². The van der Waals surface area contributed by atoms with E-state index in [1.54, 1.807) is 7.11 Å². The number of halogens is 1. The lowest BCUT2D eigenvalue weighted by Crippen LogP contribution is -2.34. The average Bonchev–Trinajstić information content (AvgIpc) is 2.38. The zero-order valence-corrected chi connectivity index (χ0v) is 14.0. The van der Waals surface area contributed by atoms with Crippen molar-refractivity contribution in [2.45, 2.75) is 33.4 Å². The van der Waals surface area contributed by atoms with E-state index < -0.39 is 0 Å². The SMILES string of the molecule is CCNCc1ccc(N(CCOC)C(C)C)c(Br)c1. The fourth-order valence-electron chi connectivity index (χ4n) is 2.01. The summed E-state index contributed by atoms with van der Waals surface area (Å²) in [5, 5.41) is 3.34. The molecule has 0 aromatic heterocycles. The maximum Gasteiger partial charge on any atom is 0.0637 e. The molecule has 0 amide bonds. The maximum atomic E-state index is 5.19. The fraction of sp³-hybridized carbons (Fsp3) is 0.600. The van der Waals surface area contributed by atoms with Crippen LogP contribution in [0.3, 0.4) is 0 Å². The Morgan fingerprint density at radius 1 is 1.37 bits per heavy atom. The van der Waals surface area contributed by atoms with Crippen LogP contribution in [0.5, 0.6) is 0 Å². The van der Waals surface area contributed by atoms with Crippen molar-refractivity contribution in [1.29, 1.82) is 0 Å². The van der Waals surface area contributed by atoms with Gasteiger partial charge in [0.2, 0.25) is 0 Å². The number of hydrogen-bond donors (Lipinski definition) is 1. The Labute approximate surface area is 125 Å². The third-order valence-electron chi connectivity index (χ3n) is 3.06. The minimum absolute atomic E-state index is 0.450. The zero-order chi connectivity index (χ0) is 14.3. The van der Waals surface area contributed by atoms with Crippen molar-refractivity contribution in [2.75, 3.05) is 31.7 Å². The molecule has 3 nitrogen and oxygen atoms in total. The molecule has 108 valence electrons. The van der Waals surface area contributed by atoms with Gasteiger partial charge >= 0.3 is 0 Å². The molecule has 0 saturated heterocycles. The third-order valence-corrected chi connectivity index (χ3v) is 3.70. The second kappa shape index (κ2) is 8.56. The van der Waals surface area contributed by atoms with Crippen LogP contribution in [0.2, 0.25) is 0 Å². The van der Waals surface area contributed by atoms with E-state index in [-0.39, 0.29) is 0 Å². The van der Waals surface area contributed by atoms with Gasteiger partial charge in [-0.25, -0.2) is 0 Å². The molecule has 0 aliphatic carbocycles. The monoisotopic (exact) mass is 328 g/mol. The predicted molar refractivity (Wildman–Crippen MR) is 85.9 cm³/mol. The van der Waals surface area contributed by atoms with E-state index in [4.69, 9.17) is 4.74 Å². The molecule has 0 bridgehead atoms. The first-order valence-corrected chi connectivity index (χ1v) is 7.64. The smallest absolute Gasteiger partial charge is 0.0637 e. The van der Waals surface area contributed by atoms with Gasteiger partial charge in [0.05, 0.1) is 12.3 Å². The normalized spacial score (nSPS) is 11.1. The molecule has 0 atom stereocenters. The van der Waals surface area contributed by atoms with Crippen LogP contribution in [0.15, 0.2) is 22.7 Å². The van der Waals surface area contributed by atoms with Gasteiger partial charge in [0.25, 0.3) is 0 Å². The van der Waals surface area contributed by atoms with Crippen LogP contribution >= 0.6 is 15.9 Å². The largest absolute Gasteiger partial charge is 0.383 e. The van der Waals surface area contributed by atoms with E-state index in [0.717, 1.165) is 30.7 Å². The van der Waals surface area contributed by atoms with Crippen molar-refractivity contribution in [3.63, 3.8) is 0 Å². The van der Waals surface area contributed by atoms with Crippen LogP contribution in [0.25, 0.3) is 0 Å². The number of nitrogens with zero attached hydrogens (tertiary/aromatic N) is 1. The quantitative estimate of drug-likeness (QED) is 0.791. The van der Waals surface area contributed by atoms with Crippen molar-refractivity contribution in [2.24, 2.45) is 0 Å². The van der Waals surface area contributed by atoms with Gasteiger partial charge in [-0.1, -0.05) is 13.0 Å². The maximum absolute atomic E-state index is 5.19. The highest BCUT2D eigenvalue weighted by molar-refractivity contribution is 9.10. The highest BCUT2D eigenvalue weighted by Gasteiger charge is 2.13. The van der Waals surface area contributed by atoms with Gasteiger partial charge in [-0.2, -0.15) is 0 Å². The number of benzene rings is 1. The fourth-order valence-corrected chi connectivity index (χ4v) is 2.66. The van der Waals surface area contributed by atoms with Crippen LogP contribution in [-0.2, 0) is 11.3 Å². The summed E-state index contributed by atoms with van der Waals surface area (Å²) in [5.74, 6) is 0. The standard InChI is InChI=1S/C15H25BrN2O/c1-5-17-11-13-6-7-15(14(16)10-13)18(12(2)3)8-9-19-4/h6-7,10,12,17H,5,8-9,11H2,1-4H3. The number of methoxy groups -OCH3 is 1. The molecule has 1 rings (SSSR count). The van der Waals surface area contributed by atoms with E-state index in [1.807, 2.05) is 0 Å². The van der Waals surface area contributed by atoms with E-state index in [2.05, 4.69) is 65.1 Å². The van der Waals surface area contributed by atoms with Crippen LogP contribution in [0, 0.1) is 0 Å². The topological polar surface area (TPSA) is 24.5 Å². The molecule has 0 saturated carbocycles. The average molecular weight is 329 g/mol. The molecule has 0 fully saturated rings. The first-order chi connectivity index (χ1) is 9.10. The van der Waals surface area contributed by atoms with E-state index >= 15 is 0 Å². The number of hydrogen-bond acceptors (Lipinski definition) is 3. The predicted octanol–water partition coefficient (Wildman–Crippen LogP) is 3.42. The molecule has 0 spiro atoms. The number of nitrogens with one attached hydrogen (secondary N) is 1. The molecule has 4 heteroatoms. The van der Waals surface area contributed by atoms with Gasteiger partial charge in [0.15, 0.2) is 0 Å². The molecule has 0 heterocycles. The summed E-state index contributed by atoms with van der Waals surface area (Å²) in [7, 11) is 1.74. The minimum atomic E-state index is 0.450. The molecule has 1 aromatic carbocycles. The third kappa shape index (κ3) is 5.13. The Hall–Kier alpha value is -0.580. The van der Waals surface area contributed by atoms with Gasteiger partial charge in [0.1, 0.15) is 0 Å². The summed E-state index contributed by atoms with van der Waals surface area (Å²) in [4.78, 5) is 2.35. The lowest BCUT2D eigenvalue weighted by atomic mass is 10.1. The minimum Gasteiger partial charge on any atom is -0.383 e. The Morgan fingerprint density at radius 2 is 2.11 bits per heavy atom. The van der Waals surface area contributed by atoms with Crippen molar-refractivity contribution < 1.29 is 4.74 Å². The Kier molecular flexibility index (Phi) is 7.42. The first kappa shape index (κ1) is 16.5. The molecule has 19 heavy (non-hydrogen) atoms. The zero-order valence-electron chi connectivity index (χ0n) is 12.4. The summed E-state index contributed by atoms with van der Waals surface area (Å²) in [6.07, 6.45) is 0. The molecular formula is C15H25BrN2O. The van der Waals surface area contributed by atoms with Crippen molar-refractivity contribution >= 4 is 21.6 Å². The van der Waals surface area contributed by atoms with E-state index in [9.17, 15) is 0 Å². The summed E-state index contributed by atoms with van der Waals surface area (Å²) in [5.41, 5.74) is 2.53. The summed E-state index contributed by atoms with van der Waals surface area (Å²) < 4.78 is 6.34. The van der Waals surface area contributed by atoms with Crippen molar-refractivity contribution in [1.82, 2.24) is 5.32 Å². The summed E-state index contributed by atoms with van der Waals surface area (Å²) in [6.45, 7) is 10.1. The van der Waals surface area contributed by atoms with Crippen LogP contribution < -0.4 is 10.2 Å². The number of anilines is 1. The molecule has 0 radical (unpaired) electrons. The molecule has 1 N–H and O–H groups in total. The van der Waals surface area contributed by atoms with Gasteiger partial charge < -0.3 is 15.0 Å². The molecule has 1 aromatic rings. The highest BCUT2D eigenvalue weighted by atomic mass is 79.9. The Bertz CT molecular complexity index is 382. The molecule has 0 aliphatic rings. The highest BCUT2D eigenvalue weighted by Crippen LogP contribution is 2.28. The number of ether oxygens (including phenoxy) is 1. The molecule has 0 unspecified atom stereocenters. The van der Waals surface area contributed by atoms with Gasteiger partial charge in [-0.3, -0.25) is 0 Å². The molecule has 0 aliphatic heterocycles. The summed E-state index contributed by atoms with van der Waals surface area (Å²) >= 11 is 3.69. The second-order valence-corrected chi connectivity index (χ2v) is 5.70. The first-order valence-electron chi connectivity index (χ1n) is 6.84. The van der Waals surface area contributed by atoms with Crippen molar-refractivity contribution in [3.8, 4) is 0 Å². The lowest BCUT2D eigenvalue weighted by Gasteiger charge is -2.30. The van der Waals surface area contributed by atoms with Crippen LogP contribution in [0.1, 0.15) is 26.3 Å². The van der Waals surface area contributed by atoms with Gasteiger partial charge in [0, 0.05) is 30.7 Å². The van der Waals surface area contributed by atoms with E-state index in [1.165, 1.54) is 11.3 Å².